The number of likely N-dealkylation sites (tertiary alicyclic amines) is 1. The fourth-order valence-corrected chi connectivity index (χ4v) is 2.33. The first kappa shape index (κ1) is 12.0. The van der Waals surface area contributed by atoms with Crippen LogP contribution in [0.1, 0.15) is 26.2 Å². The van der Waals surface area contributed by atoms with E-state index in [1.165, 1.54) is 12.8 Å². The number of rotatable bonds is 5. The quantitative estimate of drug-likeness (QED) is 0.685. The summed E-state index contributed by atoms with van der Waals surface area (Å²) in [6.07, 6.45) is 3.38. The standard InChI is InChI=1S/C11H24N2O/c1-3-5-12-11-7-10(4-6-14)8-13(2)9-11/h10-12,14H,3-9H2,1-2H3. The van der Waals surface area contributed by atoms with Gasteiger partial charge in [0.15, 0.2) is 0 Å². The van der Waals surface area contributed by atoms with Crippen LogP contribution in [-0.2, 0) is 0 Å². The third-order valence-electron chi connectivity index (χ3n) is 2.94. The Labute approximate surface area is 87.5 Å². The summed E-state index contributed by atoms with van der Waals surface area (Å²) in [5, 5.41) is 12.5. The van der Waals surface area contributed by atoms with Gasteiger partial charge in [-0.1, -0.05) is 6.92 Å². The Morgan fingerprint density at radius 2 is 2.21 bits per heavy atom. The number of aliphatic hydroxyl groups is 1. The van der Waals surface area contributed by atoms with E-state index in [1.54, 1.807) is 0 Å². The Morgan fingerprint density at radius 1 is 1.43 bits per heavy atom. The topological polar surface area (TPSA) is 35.5 Å². The first-order valence-electron chi connectivity index (χ1n) is 5.79. The molecule has 1 aliphatic rings. The van der Waals surface area contributed by atoms with Gasteiger partial charge in [-0.15, -0.1) is 0 Å². The maximum absolute atomic E-state index is 8.93. The molecular weight excluding hydrogens is 176 g/mol. The van der Waals surface area contributed by atoms with Crippen molar-refractivity contribution in [2.24, 2.45) is 5.92 Å². The molecule has 14 heavy (non-hydrogen) atoms. The second-order valence-electron chi connectivity index (χ2n) is 4.49. The summed E-state index contributed by atoms with van der Waals surface area (Å²) in [6, 6.07) is 0.630. The van der Waals surface area contributed by atoms with Crippen LogP contribution in [0.5, 0.6) is 0 Å². The predicted octanol–water partition coefficient (Wildman–Crippen LogP) is 0.689. The normalized spacial score (nSPS) is 29.4. The number of hydrogen-bond donors (Lipinski definition) is 2. The van der Waals surface area contributed by atoms with Crippen LogP contribution >= 0.6 is 0 Å². The van der Waals surface area contributed by atoms with Gasteiger partial charge >= 0.3 is 0 Å². The van der Waals surface area contributed by atoms with Gasteiger partial charge < -0.3 is 15.3 Å². The predicted molar refractivity (Wildman–Crippen MR) is 59.4 cm³/mol. The number of likely N-dealkylation sites (N-methyl/N-ethyl adjacent to an activating group) is 1. The molecule has 84 valence electrons. The van der Waals surface area contributed by atoms with Crippen molar-refractivity contribution < 1.29 is 5.11 Å². The lowest BCUT2D eigenvalue weighted by Gasteiger charge is -2.36. The van der Waals surface area contributed by atoms with E-state index < -0.39 is 0 Å². The van der Waals surface area contributed by atoms with Crippen molar-refractivity contribution in [1.29, 1.82) is 0 Å². The molecule has 1 saturated heterocycles. The van der Waals surface area contributed by atoms with Gasteiger partial charge in [0.25, 0.3) is 0 Å². The maximum atomic E-state index is 8.93. The molecule has 0 radical (unpaired) electrons. The van der Waals surface area contributed by atoms with Crippen molar-refractivity contribution in [2.45, 2.75) is 32.2 Å². The van der Waals surface area contributed by atoms with E-state index in [9.17, 15) is 0 Å². The number of nitrogens with one attached hydrogen (secondary N) is 1. The number of aliphatic hydroxyl groups excluding tert-OH is 1. The Kier molecular flexibility index (Phi) is 5.45. The summed E-state index contributed by atoms with van der Waals surface area (Å²) < 4.78 is 0. The van der Waals surface area contributed by atoms with Gasteiger partial charge in [-0.2, -0.15) is 0 Å². The second-order valence-corrected chi connectivity index (χ2v) is 4.49. The van der Waals surface area contributed by atoms with E-state index in [1.807, 2.05) is 0 Å². The van der Waals surface area contributed by atoms with E-state index >= 15 is 0 Å². The number of hydrogen-bond acceptors (Lipinski definition) is 3. The van der Waals surface area contributed by atoms with E-state index in [0.29, 0.717) is 18.6 Å². The Hall–Kier alpha value is -0.120. The molecule has 0 bridgehead atoms. The smallest absolute Gasteiger partial charge is 0.0434 e. The summed E-state index contributed by atoms with van der Waals surface area (Å²) in [6.45, 7) is 5.95. The first-order valence-corrected chi connectivity index (χ1v) is 5.79. The zero-order chi connectivity index (χ0) is 10.4. The molecule has 3 heteroatoms. The monoisotopic (exact) mass is 200 g/mol. The van der Waals surface area contributed by atoms with Crippen molar-refractivity contribution in [3.05, 3.63) is 0 Å². The zero-order valence-corrected chi connectivity index (χ0v) is 9.50. The van der Waals surface area contributed by atoms with E-state index in [4.69, 9.17) is 5.11 Å². The molecular formula is C11H24N2O. The molecule has 2 N–H and O–H groups in total. The highest BCUT2D eigenvalue weighted by Crippen LogP contribution is 2.18. The zero-order valence-electron chi connectivity index (χ0n) is 9.50. The minimum absolute atomic E-state index is 0.332. The van der Waals surface area contributed by atoms with Crippen LogP contribution in [0.4, 0.5) is 0 Å². The van der Waals surface area contributed by atoms with E-state index in [2.05, 4.69) is 24.2 Å². The average Bonchev–Trinajstić information content (AvgIpc) is 2.14. The molecule has 2 unspecified atom stereocenters. The third-order valence-corrected chi connectivity index (χ3v) is 2.94. The minimum atomic E-state index is 0.332. The molecule has 0 spiro atoms. The van der Waals surface area contributed by atoms with Crippen LogP contribution in [0.25, 0.3) is 0 Å². The van der Waals surface area contributed by atoms with Crippen LogP contribution in [0.15, 0.2) is 0 Å². The van der Waals surface area contributed by atoms with E-state index in [-0.39, 0.29) is 0 Å². The fourth-order valence-electron chi connectivity index (χ4n) is 2.33. The molecule has 1 aliphatic heterocycles. The van der Waals surface area contributed by atoms with Gasteiger partial charge in [0, 0.05) is 25.7 Å². The lowest BCUT2D eigenvalue weighted by atomic mass is 9.92. The van der Waals surface area contributed by atoms with Gasteiger partial charge in [0.1, 0.15) is 0 Å². The summed E-state index contributed by atoms with van der Waals surface area (Å²) >= 11 is 0. The van der Waals surface area contributed by atoms with Gasteiger partial charge in [-0.25, -0.2) is 0 Å². The first-order chi connectivity index (χ1) is 6.76. The number of nitrogens with zero attached hydrogens (tertiary/aromatic N) is 1. The minimum Gasteiger partial charge on any atom is -0.396 e. The average molecular weight is 200 g/mol. The van der Waals surface area contributed by atoms with Crippen molar-refractivity contribution in [3.63, 3.8) is 0 Å². The van der Waals surface area contributed by atoms with Crippen LogP contribution < -0.4 is 5.32 Å². The SMILES string of the molecule is CCCNC1CC(CCO)CN(C)C1. The highest BCUT2D eigenvalue weighted by Gasteiger charge is 2.23. The van der Waals surface area contributed by atoms with Crippen LogP contribution in [0.2, 0.25) is 0 Å². The highest BCUT2D eigenvalue weighted by atomic mass is 16.3. The molecule has 1 rings (SSSR count). The van der Waals surface area contributed by atoms with Gasteiger partial charge in [-0.3, -0.25) is 0 Å². The van der Waals surface area contributed by atoms with Gasteiger partial charge in [0.2, 0.25) is 0 Å². The molecule has 0 aliphatic carbocycles. The largest absolute Gasteiger partial charge is 0.396 e. The highest BCUT2D eigenvalue weighted by molar-refractivity contribution is 4.81. The molecule has 1 heterocycles. The van der Waals surface area contributed by atoms with Crippen molar-refractivity contribution in [3.8, 4) is 0 Å². The Bertz CT molecular complexity index is 152. The molecule has 0 aromatic rings. The Balaban J connectivity index is 2.29. The molecule has 1 fully saturated rings. The van der Waals surface area contributed by atoms with Gasteiger partial charge in [0.05, 0.1) is 0 Å². The summed E-state index contributed by atoms with van der Waals surface area (Å²) in [7, 11) is 2.17. The van der Waals surface area contributed by atoms with Crippen LogP contribution in [0.3, 0.4) is 0 Å². The summed E-state index contributed by atoms with van der Waals surface area (Å²) in [5.41, 5.74) is 0. The molecule has 0 aromatic carbocycles. The molecule has 3 nitrogen and oxygen atoms in total. The van der Waals surface area contributed by atoms with Gasteiger partial charge in [-0.05, 0) is 38.8 Å². The number of piperidine rings is 1. The van der Waals surface area contributed by atoms with Crippen molar-refractivity contribution in [1.82, 2.24) is 10.2 Å². The van der Waals surface area contributed by atoms with Crippen molar-refractivity contribution >= 4 is 0 Å². The second kappa shape index (κ2) is 6.38. The van der Waals surface area contributed by atoms with E-state index in [0.717, 1.165) is 26.1 Å². The van der Waals surface area contributed by atoms with Crippen molar-refractivity contribution in [2.75, 3.05) is 33.3 Å². The fraction of sp³-hybridized carbons (Fsp3) is 1.00. The third kappa shape index (κ3) is 3.95. The summed E-state index contributed by atoms with van der Waals surface area (Å²) in [5.74, 6) is 0.674. The molecule has 0 saturated carbocycles. The maximum Gasteiger partial charge on any atom is 0.0434 e. The lowest BCUT2D eigenvalue weighted by Crippen LogP contribution is -2.48. The lowest BCUT2D eigenvalue weighted by molar-refractivity contribution is 0.143. The molecule has 0 amide bonds. The molecule has 2 atom stereocenters. The summed E-state index contributed by atoms with van der Waals surface area (Å²) in [4.78, 5) is 2.37. The molecule has 0 aromatic heterocycles. The van der Waals surface area contributed by atoms with Crippen LogP contribution in [-0.4, -0.2) is 49.3 Å². The van der Waals surface area contributed by atoms with Crippen LogP contribution in [0, 0.1) is 5.92 Å². The Morgan fingerprint density at radius 3 is 2.86 bits per heavy atom.